The molecule has 1 aromatic carbocycles. The number of aliphatic hydroxyl groups is 1. The van der Waals surface area contributed by atoms with Crippen LogP contribution in [0.2, 0.25) is 0 Å². The molecule has 1 aliphatic carbocycles. The molecule has 0 bridgehead atoms. The maximum atomic E-state index is 12.0. The van der Waals surface area contributed by atoms with Crippen molar-refractivity contribution in [3.05, 3.63) is 35.9 Å². The largest absolute Gasteiger partial charge is 0.393 e. The number of hydrogen-bond donors (Lipinski definition) is 4. The van der Waals surface area contributed by atoms with E-state index in [1.165, 1.54) is 0 Å². The third-order valence-electron chi connectivity index (χ3n) is 4.10. The van der Waals surface area contributed by atoms with Crippen molar-refractivity contribution in [1.82, 2.24) is 16.0 Å². The molecular weight excluding hydrogens is 431 g/mol. The fraction of sp³-hybridized carbons (Fsp3) is 0.556. The number of rotatable bonds is 6. The van der Waals surface area contributed by atoms with Gasteiger partial charge in [-0.1, -0.05) is 30.3 Å². The molecule has 0 saturated heterocycles. The van der Waals surface area contributed by atoms with Gasteiger partial charge in [0.25, 0.3) is 0 Å². The SMILES string of the molecule is CCNC(=NCC(=O)NCc1ccccc1)NC1CCC(O)CC1.I. The van der Waals surface area contributed by atoms with Crippen LogP contribution in [0.1, 0.15) is 38.2 Å². The molecule has 25 heavy (non-hydrogen) atoms. The summed E-state index contributed by atoms with van der Waals surface area (Å²) in [6.07, 6.45) is 3.30. The highest BCUT2D eigenvalue weighted by atomic mass is 127. The second-order valence-corrected chi connectivity index (χ2v) is 6.11. The van der Waals surface area contributed by atoms with E-state index in [1.54, 1.807) is 0 Å². The Morgan fingerprint density at radius 3 is 2.48 bits per heavy atom. The van der Waals surface area contributed by atoms with Gasteiger partial charge in [0.2, 0.25) is 5.91 Å². The lowest BCUT2D eigenvalue weighted by Crippen LogP contribution is -2.45. The molecule has 0 aliphatic heterocycles. The average molecular weight is 460 g/mol. The minimum absolute atomic E-state index is 0. The van der Waals surface area contributed by atoms with E-state index < -0.39 is 0 Å². The minimum Gasteiger partial charge on any atom is -0.393 e. The van der Waals surface area contributed by atoms with Gasteiger partial charge in [0.05, 0.1) is 6.10 Å². The lowest BCUT2D eigenvalue weighted by molar-refractivity contribution is -0.119. The summed E-state index contributed by atoms with van der Waals surface area (Å²) in [5.41, 5.74) is 1.07. The molecule has 0 unspecified atom stereocenters. The molecule has 0 spiro atoms. The third-order valence-corrected chi connectivity index (χ3v) is 4.10. The topological polar surface area (TPSA) is 85.8 Å². The predicted molar refractivity (Wildman–Crippen MR) is 111 cm³/mol. The van der Waals surface area contributed by atoms with Crippen molar-refractivity contribution in [2.45, 2.75) is 51.3 Å². The van der Waals surface area contributed by atoms with Crippen LogP contribution >= 0.6 is 24.0 Å². The number of aliphatic hydroxyl groups excluding tert-OH is 1. The first-order chi connectivity index (χ1) is 11.7. The highest BCUT2D eigenvalue weighted by Crippen LogP contribution is 2.18. The summed E-state index contributed by atoms with van der Waals surface area (Å²) in [5, 5.41) is 19.0. The van der Waals surface area contributed by atoms with Crippen molar-refractivity contribution in [2.24, 2.45) is 4.99 Å². The van der Waals surface area contributed by atoms with Crippen molar-refractivity contribution >= 4 is 35.8 Å². The molecule has 1 fully saturated rings. The average Bonchev–Trinajstić information content (AvgIpc) is 2.61. The van der Waals surface area contributed by atoms with Crippen LogP contribution in [0, 0.1) is 0 Å². The summed E-state index contributed by atoms with van der Waals surface area (Å²) in [7, 11) is 0. The number of halogens is 1. The number of carbonyl (C=O) groups excluding carboxylic acids is 1. The fourth-order valence-corrected chi connectivity index (χ4v) is 2.74. The highest BCUT2D eigenvalue weighted by molar-refractivity contribution is 14.0. The van der Waals surface area contributed by atoms with Crippen molar-refractivity contribution in [1.29, 1.82) is 0 Å². The standard InChI is InChI=1S/C18H28N4O2.HI/c1-2-19-18(22-15-8-10-16(23)11-9-15)21-13-17(24)20-12-14-6-4-3-5-7-14;/h3-7,15-16,23H,2,8-13H2,1H3,(H,20,24)(H2,19,21,22);1H. The summed E-state index contributed by atoms with van der Waals surface area (Å²) in [5.74, 6) is 0.559. The molecule has 0 radical (unpaired) electrons. The Hall–Kier alpha value is -1.35. The summed E-state index contributed by atoms with van der Waals surface area (Å²) in [6, 6.07) is 10.1. The molecule has 1 saturated carbocycles. The van der Waals surface area contributed by atoms with E-state index in [2.05, 4.69) is 20.9 Å². The minimum atomic E-state index is -0.175. The van der Waals surface area contributed by atoms with E-state index in [9.17, 15) is 9.90 Å². The molecule has 1 amide bonds. The van der Waals surface area contributed by atoms with Crippen LogP contribution in [-0.4, -0.2) is 42.2 Å². The monoisotopic (exact) mass is 460 g/mol. The van der Waals surface area contributed by atoms with Gasteiger partial charge in [0, 0.05) is 19.1 Å². The molecule has 1 aliphatic rings. The quantitative estimate of drug-likeness (QED) is 0.296. The van der Waals surface area contributed by atoms with E-state index in [-0.39, 0.29) is 42.5 Å². The number of nitrogens with one attached hydrogen (secondary N) is 3. The van der Waals surface area contributed by atoms with Crippen molar-refractivity contribution in [2.75, 3.05) is 13.1 Å². The number of benzene rings is 1. The molecule has 140 valence electrons. The maximum Gasteiger partial charge on any atom is 0.242 e. The first-order valence-electron chi connectivity index (χ1n) is 8.71. The number of hydrogen-bond acceptors (Lipinski definition) is 3. The van der Waals surface area contributed by atoms with Gasteiger partial charge < -0.3 is 21.1 Å². The Labute approximate surface area is 166 Å². The molecule has 0 heterocycles. The number of carbonyl (C=O) groups is 1. The van der Waals surface area contributed by atoms with E-state index in [0.29, 0.717) is 18.5 Å². The van der Waals surface area contributed by atoms with Gasteiger partial charge >= 0.3 is 0 Å². The number of guanidine groups is 1. The van der Waals surface area contributed by atoms with Crippen LogP contribution in [0.5, 0.6) is 0 Å². The van der Waals surface area contributed by atoms with Gasteiger partial charge in [-0.25, -0.2) is 4.99 Å². The Bertz CT molecular complexity index is 531. The summed E-state index contributed by atoms with van der Waals surface area (Å²) in [6.45, 7) is 3.35. The molecule has 4 N–H and O–H groups in total. The molecule has 7 heteroatoms. The molecule has 1 aromatic rings. The lowest BCUT2D eigenvalue weighted by atomic mass is 9.93. The third kappa shape index (κ3) is 8.53. The zero-order chi connectivity index (χ0) is 17.2. The van der Waals surface area contributed by atoms with E-state index in [1.807, 2.05) is 37.3 Å². The van der Waals surface area contributed by atoms with Gasteiger partial charge in [-0.15, -0.1) is 24.0 Å². The maximum absolute atomic E-state index is 12.0. The van der Waals surface area contributed by atoms with Crippen molar-refractivity contribution in [3.63, 3.8) is 0 Å². The summed E-state index contributed by atoms with van der Waals surface area (Å²) >= 11 is 0. The Balaban J connectivity index is 0.00000312. The summed E-state index contributed by atoms with van der Waals surface area (Å²) < 4.78 is 0. The van der Waals surface area contributed by atoms with E-state index in [4.69, 9.17) is 0 Å². The molecular formula is C18H29IN4O2. The predicted octanol–water partition coefficient (Wildman–Crippen LogP) is 1.78. The van der Waals surface area contributed by atoms with Gasteiger partial charge in [0.1, 0.15) is 6.54 Å². The van der Waals surface area contributed by atoms with Crippen LogP contribution in [0.4, 0.5) is 0 Å². The number of amides is 1. The van der Waals surface area contributed by atoms with E-state index >= 15 is 0 Å². The molecule has 0 aromatic heterocycles. The van der Waals surface area contributed by atoms with Gasteiger partial charge in [-0.2, -0.15) is 0 Å². The van der Waals surface area contributed by atoms with Gasteiger partial charge in [-0.05, 0) is 38.2 Å². The molecule has 2 rings (SSSR count). The normalized spacial score (nSPS) is 20.3. The van der Waals surface area contributed by atoms with Crippen LogP contribution in [0.15, 0.2) is 35.3 Å². The van der Waals surface area contributed by atoms with Gasteiger partial charge in [0.15, 0.2) is 5.96 Å². The Kier molecular flexibility index (Phi) is 10.5. The number of nitrogens with zero attached hydrogens (tertiary/aromatic N) is 1. The lowest BCUT2D eigenvalue weighted by Gasteiger charge is -2.27. The second-order valence-electron chi connectivity index (χ2n) is 6.11. The Morgan fingerprint density at radius 1 is 1.16 bits per heavy atom. The second kappa shape index (κ2) is 12.1. The highest BCUT2D eigenvalue weighted by Gasteiger charge is 2.20. The molecule has 0 atom stereocenters. The van der Waals surface area contributed by atoms with E-state index in [0.717, 1.165) is 37.8 Å². The van der Waals surface area contributed by atoms with Crippen LogP contribution in [-0.2, 0) is 11.3 Å². The first-order valence-corrected chi connectivity index (χ1v) is 8.71. The zero-order valence-corrected chi connectivity index (χ0v) is 17.0. The van der Waals surface area contributed by atoms with Crippen molar-refractivity contribution < 1.29 is 9.90 Å². The zero-order valence-electron chi connectivity index (χ0n) is 14.7. The van der Waals surface area contributed by atoms with Crippen LogP contribution in [0.25, 0.3) is 0 Å². The van der Waals surface area contributed by atoms with Crippen LogP contribution in [0.3, 0.4) is 0 Å². The van der Waals surface area contributed by atoms with Crippen LogP contribution < -0.4 is 16.0 Å². The number of aliphatic imine (C=N–C) groups is 1. The first kappa shape index (κ1) is 21.7. The smallest absolute Gasteiger partial charge is 0.242 e. The summed E-state index contributed by atoms with van der Waals surface area (Å²) in [4.78, 5) is 16.3. The Morgan fingerprint density at radius 2 is 1.84 bits per heavy atom. The molecule has 6 nitrogen and oxygen atoms in total. The van der Waals surface area contributed by atoms with Gasteiger partial charge in [-0.3, -0.25) is 4.79 Å². The fourth-order valence-electron chi connectivity index (χ4n) is 2.74. The van der Waals surface area contributed by atoms with Crippen molar-refractivity contribution in [3.8, 4) is 0 Å².